The van der Waals surface area contributed by atoms with Crippen molar-refractivity contribution in [1.29, 1.82) is 0 Å². The van der Waals surface area contributed by atoms with E-state index in [4.69, 9.17) is 10.2 Å². The van der Waals surface area contributed by atoms with Gasteiger partial charge in [0.1, 0.15) is 12.8 Å². The largest absolute Gasteiger partial charge is 0.481 e. The Morgan fingerprint density at radius 2 is 0.952 bits per heavy atom. The molecular formula is C11H12O10. The van der Waals surface area contributed by atoms with Crippen LogP contribution in [0.5, 0.6) is 0 Å². The first-order valence-corrected chi connectivity index (χ1v) is 5.61. The van der Waals surface area contributed by atoms with Crippen molar-refractivity contribution in [2.45, 2.75) is 32.1 Å². The lowest BCUT2D eigenvalue weighted by Gasteiger charge is -2.02. The quantitative estimate of drug-likeness (QED) is 0.430. The van der Waals surface area contributed by atoms with E-state index in [1.165, 1.54) is 0 Å². The molecule has 0 aromatic carbocycles. The van der Waals surface area contributed by atoms with Gasteiger partial charge in [0.25, 0.3) is 0 Å². The Morgan fingerprint density at radius 3 is 1.24 bits per heavy atom. The Labute approximate surface area is 117 Å². The fourth-order valence-corrected chi connectivity index (χ4v) is 1.05. The number of rotatable bonds is 8. The Morgan fingerprint density at radius 1 is 0.619 bits per heavy atom. The van der Waals surface area contributed by atoms with E-state index in [9.17, 15) is 28.8 Å². The van der Waals surface area contributed by atoms with Crippen molar-refractivity contribution >= 4 is 35.8 Å². The first-order valence-electron chi connectivity index (χ1n) is 5.61. The highest BCUT2D eigenvalue weighted by Crippen LogP contribution is 2.02. The minimum absolute atomic E-state index is 0.113. The summed E-state index contributed by atoms with van der Waals surface area (Å²) in [5.41, 5.74) is 0. The number of carbonyl (C=O) groups excluding carboxylic acids is 4. The molecule has 0 rings (SSSR count). The second-order valence-corrected chi connectivity index (χ2v) is 3.69. The van der Waals surface area contributed by atoms with Crippen LogP contribution >= 0.6 is 0 Å². The Kier molecular flexibility index (Phi) is 7.96. The molecule has 21 heavy (non-hydrogen) atoms. The number of carboxylic acids is 2. The van der Waals surface area contributed by atoms with Crippen LogP contribution in [0.2, 0.25) is 0 Å². The molecule has 0 aliphatic rings. The fraction of sp³-hybridized carbons (Fsp3) is 0.455. The second kappa shape index (κ2) is 9.18. The summed E-state index contributed by atoms with van der Waals surface area (Å²) in [5, 5.41) is 16.5. The second-order valence-electron chi connectivity index (χ2n) is 3.69. The van der Waals surface area contributed by atoms with Crippen LogP contribution in [-0.4, -0.2) is 46.0 Å². The normalized spacial score (nSPS) is 9.52. The molecule has 0 unspecified atom stereocenters. The molecule has 0 saturated heterocycles. The van der Waals surface area contributed by atoms with Gasteiger partial charge in [0.15, 0.2) is 0 Å². The summed E-state index contributed by atoms with van der Waals surface area (Å²) in [7, 11) is 0. The standard InChI is InChI=1S/C11H12O10/c12-6(13)4-10(18)20-8(16)2-1-3-9(17)21-11(19)5-7(14)15/h1-5H2,(H,12,13)(H,14,15). The summed E-state index contributed by atoms with van der Waals surface area (Å²) in [4.78, 5) is 63.9. The number of hydrogen-bond acceptors (Lipinski definition) is 8. The molecule has 0 atom stereocenters. The van der Waals surface area contributed by atoms with Crippen LogP contribution in [0.3, 0.4) is 0 Å². The molecule has 0 fully saturated rings. The van der Waals surface area contributed by atoms with Crippen molar-refractivity contribution in [3.05, 3.63) is 0 Å². The average Bonchev–Trinajstić information content (AvgIpc) is 2.25. The van der Waals surface area contributed by atoms with Gasteiger partial charge in [-0.1, -0.05) is 0 Å². The summed E-state index contributed by atoms with van der Waals surface area (Å²) in [6.45, 7) is 0. The monoisotopic (exact) mass is 304 g/mol. The zero-order valence-corrected chi connectivity index (χ0v) is 10.7. The van der Waals surface area contributed by atoms with Gasteiger partial charge in [-0.2, -0.15) is 0 Å². The molecule has 116 valence electrons. The molecule has 10 heteroatoms. The van der Waals surface area contributed by atoms with Gasteiger partial charge in [0.2, 0.25) is 0 Å². The zero-order valence-electron chi connectivity index (χ0n) is 10.7. The molecule has 0 aliphatic heterocycles. The first-order chi connectivity index (χ1) is 9.70. The maximum absolute atomic E-state index is 11.1. The van der Waals surface area contributed by atoms with E-state index in [-0.39, 0.29) is 19.3 Å². The molecule has 2 N–H and O–H groups in total. The Balaban J connectivity index is 3.87. The molecule has 10 nitrogen and oxygen atoms in total. The van der Waals surface area contributed by atoms with Crippen molar-refractivity contribution < 1.29 is 48.5 Å². The van der Waals surface area contributed by atoms with E-state index in [2.05, 4.69) is 9.47 Å². The van der Waals surface area contributed by atoms with Crippen molar-refractivity contribution in [2.24, 2.45) is 0 Å². The van der Waals surface area contributed by atoms with Crippen LogP contribution in [0.4, 0.5) is 0 Å². The van der Waals surface area contributed by atoms with E-state index in [0.717, 1.165) is 0 Å². The molecule has 0 amide bonds. The summed E-state index contributed by atoms with van der Waals surface area (Å²) in [5.74, 6) is -7.41. The van der Waals surface area contributed by atoms with Crippen LogP contribution in [0.25, 0.3) is 0 Å². The zero-order chi connectivity index (χ0) is 16.4. The Bertz CT molecular complexity index is 422. The summed E-state index contributed by atoms with van der Waals surface area (Å²) in [6, 6.07) is 0. The summed E-state index contributed by atoms with van der Waals surface area (Å²) in [6.07, 6.45) is -2.77. The summed E-state index contributed by atoms with van der Waals surface area (Å²) >= 11 is 0. The molecule has 0 heterocycles. The number of esters is 4. The third-order valence-corrected chi connectivity index (χ3v) is 1.81. The van der Waals surface area contributed by atoms with Gasteiger partial charge in [-0.05, 0) is 6.42 Å². The van der Waals surface area contributed by atoms with Gasteiger partial charge < -0.3 is 19.7 Å². The maximum Gasteiger partial charge on any atom is 0.324 e. The number of carboxylic acid groups (broad SMARTS) is 2. The van der Waals surface area contributed by atoms with E-state index in [1.54, 1.807) is 0 Å². The lowest BCUT2D eigenvalue weighted by Crippen LogP contribution is -2.17. The number of ether oxygens (including phenoxy) is 2. The molecule has 0 aromatic rings. The van der Waals surface area contributed by atoms with Crippen LogP contribution in [-0.2, 0) is 38.2 Å². The highest BCUT2D eigenvalue weighted by molar-refractivity contribution is 5.96. The van der Waals surface area contributed by atoms with Crippen molar-refractivity contribution in [1.82, 2.24) is 0 Å². The fourth-order valence-electron chi connectivity index (χ4n) is 1.05. The number of hydrogen-bond donors (Lipinski definition) is 2. The molecule has 0 aliphatic carbocycles. The van der Waals surface area contributed by atoms with Crippen molar-refractivity contribution in [3.63, 3.8) is 0 Å². The van der Waals surface area contributed by atoms with Crippen LogP contribution in [0, 0.1) is 0 Å². The third kappa shape index (κ3) is 10.8. The van der Waals surface area contributed by atoms with Gasteiger partial charge in [-0.3, -0.25) is 28.8 Å². The number of aliphatic carboxylic acids is 2. The maximum atomic E-state index is 11.1. The van der Waals surface area contributed by atoms with Gasteiger partial charge >= 0.3 is 35.8 Å². The molecule has 0 radical (unpaired) electrons. The van der Waals surface area contributed by atoms with Gasteiger partial charge in [0, 0.05) is 12.8 Å². The Hall–Kier alpha value is -2.78. The van der Waals surface area contributed by atoms with Crippen LogP contribution < -0.4 is 0 Å². The predicted octanol–water partition coefficient (Wildman–Crippen LogP) is -0.754. The molecule has 0 saturated carbocycles. The van der Waals surface area contributed by atoms with Gasteiger partial charge in [-0.25, -0.2) is 0 Å². The van der Waals surface area contributed by atoms with E-state index in [0.29, 0.717) is 0 Å². The third-order valence-electron chi connectivity index (χ3n) is 1.81. The van der Waals surface area contributed by atoms with E-state index in [1.807, 2.05) is 0 Å². The number of carbonyl (C=O) groups is 6. The van der Waals surface area contributed by atoms with Gasteiger partial charge in [-0.15, -0.1) is 0 Å². The van der Waals surface area contributed by atoms with Crippen LogP contribution in [0.1, 0.15) is 32.1 Å². The summed E-state index contributed by atoms with van der Waals surface area (Å²) < 4.78 is 8.24. The van der Waals surface area contributed by atoms with Gasteiger partial charge in [0.05, 0.1) is 0 Å². The minimum Gasteiger partial charge on any atom is -0.481 e. The highest BCUT2D eigenvalue weighted by Gasteiger charge is 2.16. The molecule has 0 aromatic heterocycles. The first kappa shape index (κ1) is 18.2. The SMILES string of the molecule is O=C(O)CC(=O)OC(=O)CCCC(=O)OC(=O)CC(=O)O. The predicted molar refractivity (Wildman–Crippen MR) is 60.6 cm³/mol. The molecule has 0 spiro atoms. The van der Waals surface area contributed by atoms with Crippen molar-refractivity contribution in [3.8, 4) is 0 Å². The lowest BCUT2D eigenvalue weighted by molar-refractivity contribution is -0.163. The molecule has 0 bridgehead atoms. The van der Waals surface area contributed by atoms with E-state index < -0.39 is 48.7 Å². The lowest BCUT2D eigenvalue weighted by atomic mass is 10.2. The molecular weight excluding hydrogens is 292 g/mol. The van der Waals surface area contributed by atoms with E-state index >= 15 is 0 Å². The smallest absolute Gasteiger partial charge is 0.324 e. The highest BCUT2D eigenvalue weighted by atomic mass is 16.6. The minimum atomic E-state index is -1.45. The van der Waals surface area contributed by atoms with Crippen LogP contribution in [0.15, 0.2) is 0 Å². The van der Waals surface area contributed by atoms with Crippen molar-refractivity contribution in [2.75, 3.05) is 0 Å². The topological polar surface area (TPSA) is 161 Å². The average molecular weight is 304 g/mol.